The molecule has 1 aromatic heterocycles. The van der Waals surface area contributed by atoms with Crippen molar-refractivity contribution < 1.29 is 5.11 Å². The number of aryl methyl sites for hydroxylation is 1. The number of nitrogens with two attached hydrogens (primary N) is 1. The molecule has 2 aromatic rings. The monoisotopic (exact) mass is 233 g/mol. The second kappa shape index (κ2) is 4.68. The zero-order chi connectivity index (χ0) is 11.5. The molecule has 84 valence electrons. The lowest BCUT2D eigenvalue weighted by Gasteiger charge is -2.14. The largest absolute Gasteiger partial charge is 0.507 e. The van der Waals surface area contributed by atoms with E-state index in [1.165, 1.54) is 0 Å². The Hall–Kier alpha value is -1.32. The van der Waals surface area contributed by atoms with E-state index in [0.29, 0.717) is 5.75 Å². The SMILES string of the molecule is CCc1cccc([C@@H](N)c2cccs2)c1O. The molecule has 0 unspecified atom stereocenters. The van der Waals surface area contributed by atoms with Crippen LogP contribution >= 0.6 is 11.3 Å². The van der Waals surface area contributed by atoms with E-state index < -0.39 is 0 Å². The summed E-state index contributed by atoms with van der Waals surface area (Å²) in [5, 5.41) is 12.1. The van der Waals surface area contributed by atoms with Crippen molar-refractivity contribution in [2.75, 3.05) is 0 Å². The number of rotatable bonds is 3. The number of benzene rings is 1. The van der Waals surface area contributed by atoms with E-state index >= 15 is 0 Å². The molecular formula is C13H15NOS. The Morgan fingerprint density at radius 1 is 1.31 bits per heavy atom. The minimum absolute atomic E-state index is 0.230. The van der Waals surface area contributed by atoms with Gasteiger partial charge in [-0.15, -0.1) is 11.3 Å². The summed E-state index contributed by atoms with van der Waals surface area (Å²) in [5.74, 6) is 0.339. The van der Waals surface area contributed by atoms with Crippen LogP contribution in [0.3, 0.4) is 0 Å². The van der Waals surface area contributed by atoms with Crippen molar-refractivity contribution in [3.8, 4) is 5.75 Å². The number of para-hydroxylation sites is 1. The lowest BCUT2D eigenvalue weighted by molar-refractivity contribution is 0.459. The predicted octanol–water partition coefficient (Wildman–Crippen LogP) is 3.06. The molecule has 1 atom stereocenters. The number of phenolic OH excluding ortho intramolecular Hbond substituents is 1. The van der Waals surface area contributed by atoms with E-state index in [0.717, 1.165) is 22.4 Å². The summed E-state index contributed by atoms with van der Waals surface area (Å²) in [6, 6.07) is 9.50. The first-order chi connectivity index (χ1) is 7.74. The van der Waals surface area contributed by atoms with Gasteiger partial charge in [-0.1, -0.05) is 31.2 Å². The second-order valence-electron chi connectivity index (χ2n) is 3.70. The number of phenols is 1. The molecular weight excluding hydrogens is 218 g/mol. The Morgan fingerprint density at radius 2 is 2.12 bits per heavy atom. The zero-order valence-electron chi connectivity index (χ0n) is 9.18. The fourth-order valence-electron chi connectivity index (χ4n) is 1.77. The Labute approximate surface area is 99.4 Å². The molecule has 3 N–H and O–H groups in total. The van der Waals surface area contributed by atoms with Crippen LogP contribution in [-0.4, -0.2) is 5.11 Å². The van der Waals surface area contributed by atoms with Gasteiger partial charge < -0.3 is 10.8 Å². The highest BCUT2D eigenvalue weighted by Gasteiger charge is 2.15. The van der Waals surface area contributed by atoms with Gasteiger partial charge in [0.05, 0.1) is 6.04 Å². The third kappa shape index (κ3) is 1.96. The van der Waals surface area contributed by atoms with Crippen LogP contribution in [0.2, 0.25) is 0 Å². The second-order valence-corrected chi connectivity index (χ2v) is 4.68. The van der Waals surface area contributed by atoms with Crippen LogP contribution in [0.1, 0.15) is 29.0 Å². The molecule has 16 heavy (non-hydrogen) atoms. The molecule has 0 aliphatic rings. The first-order valence-electron chi connectivity index (χ1n) is 5.33. The van der Waals surface area contributed by atoms with Gasteiger partial charge in [0.15, 0.2) is 0 Å². The molecule has 1 aromatic carbocycles. The summed E-state index contributed by atoms with van der Waals surface area (Å²) in [6.45, 7) is 2.02. The molecule has 0 saturated heterocycles. The smallest absolute Gasteiger partial charge is 0.123 e. The molecule has 0 aliphatic heterocycles. The maximum absolute atomic E-state index is 10.1. The van der Waals surface area contributed by atoms with Crippen molar-refractivity contribution in [2.45, 2.75) is 19.4 Å². The molecule has 0 fully saturated rings. The average molecular weight is 233 g/mol. The van der Waals surface area contributed by atoms with E-state index in [9.17, 15) is 5.11 Å². The van der Waals surface area contributed by atoms with Gasteiger partial charge in [-0.05, 0) is 23.4 Å². The predicted molar refractivity (Wildman–Crippen MR) is 67.8 cm³/mol. The first kappa shape index (κ1) is 11.2. The van der Waals surface area contributed by atoms with Crippen LogP contribution in [0.15, 0.2) is 35.7 Å². The van der Waals surface area contributed by atoms with Gasteiger partial charge >= 0.3 is 0 Å². The topological polar surface area (TPSA) is 46.2 Å². The molecule has 1 heterocycles. The van der Waals surface area contributed by atoms with Crippen molar-refractivity contribution in [1.82, 2.24) is 0 Å². The third-order valence-corrected chi connectivity index (χ3v) is 3.67. The fourth-order valence-corrected chi connectivity index (χ4v) is 2.51. The summed E-state index contributed by atoms with van der Waals surface area (Å²) in [6.07, 6.45) is 0.816. The van der Waals surface area contributed by atoms with Gasteiger partial charge in [0.1, 0.15) is 5.75 Å². The Bertz CT molecular complexity index is 465. The highest BCUT2D eigenvalue weighted by Crippen LogP contribution is 2.32. The van der Waals surface area contributed by atoms with Gasteiger partial charge in [-0.25, -0.2) is 0 Å². The minimum Gasteiger partial charge on any atom is -0.507 e. The lowest BCUT2D eigenvalue weighted by Crippen LogP contribution is -2.10. The van der Waals surface area contributed by atoms with Crippen LogP contribution < -0.4 is 5.73 Å². The highest BCUT2D eigenvalue weighted by atomic mass is 32.1. The summed E-state index contributed by atoms with van der Waals surface area (Å²) < 4.78 is 0. The van der Waals surface area contributed by atoms with Gasteiger partial charge in [0.25, 0.3) is 0 Å². The van der Waals surface area contributed by atoms with E-state index in [1.807, 2.05) is 42.6 Å². The molecule has 2 rings (SSSR count). The Balaban J connectivity index is 2.41. The van der Waals surface area contributed by atoms with E-state index in [2.05, 4.69) is 0 Å². The fraction of sp³-hybridized carbons (Fsp3) is 0.231. The quantitative estimate of drug-likeness (QED) is 0.855. The normalized spacial score (nSPS) is 12.6. The lowest BCUT2D eigenvalue weighted by atomic mass is 10.0. The van der Waals surface area contributed by atoms with E-state index in [1.54, 1.807) is 11.3 Å². The summed E-state index contributed by atoms with van der Waals surface area (Å²) >= 11 is 1.61. The maximum Gasteiger partial charge on any atom is 0.123 e. The number of thiophene rings is 1. The summed E-state index contributed by atoms with van der Waals surface area (Å²) in [5.41, 5.74) is 7.89. The van der Waals surface area contributed by atoms with Crippen LogP contribution in [0.4, 0.5) is 0 Å². The summed E-state index contributed by atoms with van der Waals surface area (Å²) in [4.78, 5) is 1.07. The molecule has 0 amide bonds. The van der Waals surface area contributed by atoms with E-state index in [-0.39, 0.29) is 6.04 Å². The number of hydrogen-bond donors (Lipinski definition) is 2. The molecule has 0 radical (unpaired) electrons. The van der Waals surface area contributed by atoms with Gasteiger partial charge in [-0.3, -0.25) is 0 Å². The minimum atomic E-state index is -0.230. The number of hydrogen-bond acceptors (Lipinski definition) is 3. The van der Waals surface area contributed by atoms with Gasteiger partial charge in [0, 0.05) is 10.4 Å². The van der Waals surface area contributed by atoms with Crippen molar-refractivity contribution >= 4 is 11.3 Å². The third-order valence-electron chi connectivity index (χ3n) is 2.72. The molecule has 2 nitrogen and oxygen atoms in total. The van der Waals surface area contributed by atoms with Crippen LogP contribution in [0.5, 0.6) is 5.75 Å². The molecule has 3 heteroatoms. The average Bonchev–Trinajstić information content (AvgIpc) is 2.82. The Kier molecular flexibility index (Phi) is 3.27. The molecule has 0 bridgehead atoms. The molecule has 0 spiro atoms. The van der Waals surface area contributed by atoms with Crippen LogP contribution in [0.25, 0.3) is 0 Å². The van der Waals surface area contributed by atoms with Crippen molar-refractivity contribution in [3.63, 3.8) is 0 Å². The van der Waals surface area contributed by atoms with E-state index in [4.69, 9.17) is 5.73 Å². The first-order valence-corrected chi connectivity index (χ1v) is 6.21. The Morgan fingerprint density at radius 3 is 2.75 bits per heavy atom. The van der Waals surface area contributed by atoms with Crippen LogP contribution in [0, 0.1) is 0 Å². The van der Waals surface area contributed by atoms with Gasteiger partial charge in [-0.2, -0.15) is 0 Å². The van der Waals surface area contributed by atoms with Crippen molar-refractivity contribution in [3.05, 3.63) is 51.7 Å². The standard InChI is InChI=1S/C13H15NOS/c1-2-9-5-3-6-10(13(9)15)12(14)11-7-4-8-16-11/h3-8,12,15H,2,14H2,1H3/t12-/m1/s1. The van der Waals surface area contributed by atoms with Crippen molar-refractivity contribution in [2.24, 2.45) is 5.73 Å². The maximum atomic E-state index is 10.1. The van der Waals surface area contributed by atoms with Gasteiger partial charge in [0.2, 0.25) is 0 Å². The summed E-state index contributed by atoms with van der Waals surface area (Å²) in [7, 11) is 0. The zero-order valence-corrected chi connectivity index (χ0v) is 10.00. The highest BCUT2D eigenvalue weighted by molar-refractivity contribution is 7.10. The van der Waals surface area contributed by atoms with Crippen LogP contribution in [-0.2, 0) is 6.42 Å². The number of aromatic hydroxyl groups is 1. The molecule has 0 aliphatic carbocycles. The molecule has 0 saturated carbocycles. The van der Waals surface area contributed by atoms with Crippen molar-refractivity contribution in [1.29, 1.82) is 0 Å².